The average Bonchev–Trinajstić information content (AvgIpc) is 2.59. The monoisotopic (exact) mass is 292 g/mol. The lowest BCUT2D eigenvalue weighted by Crippen LogP contribution is -2.03. The van der Waals surface area contributed by atoms with E-state index in [1.54, 1.807) is 6.07 Å². The normalized spacial score (nSPS) is 9.80. The molecule has 0 bridgehead atoms. The number of ether oxygens (including phenoxy) is 2. The Morgan fingerprint density at radius 1 is 1.40 bits per heavy atom. The fourth-order valence-electron chi connectivity index (χ4n) is 0.932. The van der Waals surface area contributed by atoms with Crippen molar-refractivity contribution in [1.82, 2.24) is 0 Å². The second-order valence-corrected chi connectivity index (χ2v) is 4.62. The Bertz CT molecular complexity index is 385. The van der Waals surface area contributed by atoms with Crippen LogP contribution < -0.4 is 0 Å². The highest BCUT2D eigenvalue weighted by Crippen LogP contribution is 2.28. The van der Waals surface area contributed by atoms with Crippen molar-refractivity contribution >= 4 is 39.2 Å². The number of thiophene rings is 1. The Morgan fingerprint density at radius 3 is 2.60 bits per heavy atom. The molecule has 0 saturated carbocycles. The first-order valence-corrected chi connectivity index (χ1v) is 5.62. The van der Waals surface area contributed by atoms with Gasteiger partial charge >= 0.3 is 11.9 Å². The SMILES string of the molecule is COC(=O)Cc1sc(C(=O)OC)cc1Br. The molecule has 0 saturated heterocycles. The highest BCUT2D eigenvalue weighted by atomic mass is 79.9. The summed E-state index contributed by atoms with van der Waals surface area (Å²) in [6.45, 7) is 0. The molecule has 4 nitrogen and oxygen atoms in total. The van der Waals surface area contributed by atoms with Crippen LogP contribution >= 0.6 is 27.3 Å². The van der Waals surface area contributed by atoms with Crippen LogP contribution in [0.2, 0.25) is 0 Å². The third-order valence-corrected chi connectivity index (χ3v) is 3.76. The van der Waals surface area contributed by atoms with Gasteiger partial charge in [0.05, 0.1) is 20.6 Å². The molecule has 1 aromatic rings. The largest absolute Gasteiger partial charge is 0.469 e. The standard InChI is InChI=1S/C9H9BrO4S/c1-13-8(11)4-6-5(10)3-7(15-6)9(12)14-2/h3H,4H2,1-2H3. The van der Waals surface area contributed by atoms with Gasteiger partial charge in [-0.05, 0) is 22.0 Å². The predicted octanol–water partition coefficient (Wildman–Crippen LogP) is 2.01. The Kier molecular flexibility index (Phi) is 4.28. The molecular weight excluding hydrogens is 284 g/mol. The van der Waals surface area contributed by atoms with Crippen molar-refractivity contribution < 1.29 is 19.1 Å². The minimum atomic E-state index is -0.406. The van der Waals surface area contributed by atoms with E-state index >= 15 is 0 Å². The topological polar surface area (TPSA) is 52.6 Å². The van der Waals surface area contributed by atoms with Gasteiger partial charge in [0.1, 0.15) is 4.88 Å². The molecule has 82 valence electrons. The molecule has 0 radical (unpaired) electrons. The number of carbonyl (C=O) groups is 2. The third-order valence-electron chi connectivity index (χ3n) is 1.68. The number of hydrogen-bond acceptors (Lipinski definition) is 5. The van der Waals surface area contributed by atoms with Gasteiger partial charge in [0, 0.05) is 9.35 Å². The second kappa shape index (κ2) is 5.27. The number of methoxy groups -OCH3 is 2. The summed E-state index contributed by atoms with van der Waals surface area (Å²) in [5.74, 6) is -0.745. The molecule has 0 spiro atoms. The van der Waals surface area contributed by atoms with E-state index in [0.29, 0.717) is 4.88 Å². The molecule has 0 N–H and O–H groups in total. The van der Waals surface area contributed by atoms with Crippen LogP contribution in [0.1, 0.15) is 14.5 Å². The predicted molar refractivity (Wildman–Crippen MR) is 59.1 cm³/mol. The van der Waals surface area contributed by atoms with Crippen LogP contribution in [0.25, 0.3) is 0 Å². The van der Waals surface area contributed by atoms with Gasteiger partial charge in [0.15, 0.2) is 0 Å². The van der Waals surface area contributed by atoms with Crippen LogP contribution in [0.15, 0.2) is 10.5 Å². The van der Waals surface area contributed by atoms with Crippen LogP contribution in [0.5, 0.6) is 0 Å². The summed E-state index contributed by atoms with van der Waals surface area (Å²) in [5, 5.41) is 0. The molecule has 1 aromatic heterocycles. The average molecular weight is 293 g/mol. The van der Waals surface area contributed by atoms with Crippen molar-refractivity contribution in [2.45, 2.75) is 6.42 Å². The lowest BCUT2D eigenvalue weighted by Gasteiger charge is -1.96. The van der Waals surface area contributed by atoms with Gasteiger partial charge in [-0.1, -0.05) is 0 Å². The van der Waals surface area contributed by atoms with Gasteiger partial charge in [0.2, 0.25) is 0 Å². The Morgan fingerprint density at radius 2 is 2.07 bits per heavy atom. The number of rotatable bonds is 3. The molecule has 0 amide bonds. The van der Waals surface area contributed by atoms with E-state index in [-0.39, 0.29) is 12.4 Å². The Hall–Kier alpha value is -0.880. The maximum Gasteiger partial charge on any atom is 0.348 e. The minimum absolute atomic E-state index is 0.152. The first-order valence-electron chi connectivity index (χ1n) is 4.01. The number of hydrogen-bond donors (Lipinski definition) is 0. The Balaban J connectivity index is 2.86. The highest BCUT2D eigenvalue weighted by Gasteiger charge is 2.15. The van der Waals surface area contributed by atoms with Gasteiger partial charge in [-0.25, -0.2) is 4.79 Å². The zero-order valence-corrected chi connectivity index (χ0v) is 10.6. The molecule has 1 rings (SSSR count). The van der Waals surface area contributed by atoms with Crippen molar-refractivity contribution in [3.05, 3.63) is 20.3 Å². The molecule has 0 aliphatic heterocycles. The van der Waals surface area contributed by atoms with E-state index in [0.717, 1.165) is 9.35 Å². The van der Waals surface area contributed by atoms with Crippen LogP contribution in [0.4, 0.5) is 0 Å². The molecule has 1 heterocycles. The lowest BCUT2D eigenvalue weighted by atomic mass is 10.3. The van der Waals surface area contributed by atoms with Gasteiger partial charge in [0.25, 0.3) is 0 Å². The maximum atomic E-state index is 11.2. The van der Waals surface area contributed by atoms with Crippen molar-refractivity contribution in [2.24, 2.45) is 0 Å². The molecule has 6 heteroatoms. The van der Waals surface area contributed by atoms with Crippen LogP contribution in [0.3, 0.4) is 0 Å². The molecular formula is C9H9BrO4S. The molecule has 0 fully saturated rings. The molecule has 0 aromatic carbocycles. The van der Waals surface area contributed by atoms with E-state index in [1.165, 1.54) is 25.6 Å². The molecule has 0 aliphatic rings. The van der Waals surface area contributed by atoms with E-state index in [1.807, 2.05) is 0 Å². The summed E-state index contributed by atoms with van der Waals surface area (Å²) < 4.78 is 9.83. The van der Waals surface area contributed by atoms with Gasteiger partial charge < -0.3 is 9.47 Å². The van der Waals surface area contributed by atoms with Crippen molar-refractivity contribution in [1.29, 1.82) is 0 Å². The minimum Gasteiger partial charge on any atom is -0.469 e. The van der Waals surface area contributed by atoms with E-state index in [4.69, 9.17) is 0 Å². The lowest BCUT2D eigenvalue weighted by molar-refractivity contribution is -0.139. The zero-order chi connectivity index (χ0) is 11.4. The smallest absolute Gasteiger partial charge is 0.348 e. The third kappa shape index (κ3) is 3.04. The maximum absolute atomic E-state index is 11.2. The fourth-order valence-corrected chi connectivity index (χ4v) is 2.65. The van der Waals surface area contributed by atoms with Crippen LogP contribution in [-0.2, 0) is 20.7 Å². The molecule has 15 heavy (non-hydrogen) atoms. The fraction of sp³-hybridized carbons (Fsp3) is 0.333. The first-order chi connectivity index (χ1) is 7.08. The first kappa shape index (κ1) is 12.2. The molecule has 0 aliphatic carbocycles. The quantitative estimate of drug-likeness (QED) is 0.800. The zero-order valence-electron chi connectivity index (χ0n) is 8.20. The van der Waals surface area contributed by atoms with Gasteiger partial charge in [-0.2, -0.15) is 0 Å². The summed E-state index contributed by atoms with van der Waals surface area (Å²) in [4.78, 5) is 23.4. The Labute approximate surface area is 99.3 Å². The van der Waals surface area contributed by atoms with Crippen LogP contribution in [0, 0.1) is 0 Å². The summed E-state index contributed by atoms with van der Waals surface area (Å²) in [6, 6.07) is 1.63. The van der Waals surface area contributed by atoms with Crippen molar-refractivity contribution in [3.8, 4) is 0 Å². The molecule has 0 atom stereocenters. The van der Waals surface area contributed by atoms with Crippen molar-refractivity contribution in [3.63, 3.8) is 0 Å². The summed E-state index contributed by atoms with van der Waals surface area (Å²) >= 11 is 4.48. The van der Waals surface area contributed by atoms with Gasteiger partial charge in [-0.3, -0.25) is 4.79 Å². The van der Waals surface area contributed by atoms with E-state index in [9.17, 15) is 9.59 Å². The molecule has 0 unspecified atom stereocenters. The van der Waals surface area contributed by atoms with E-state index in [2.05, 4.69) is 25.4 Å². The summed E-state index contributed by atoms with van der Waals surface area (Å²) in [7, 11) is 2.64. The summed E-state index contributed by atoms with van der Waals surface area (Å²) in [6.07, 6.45) is 0.152. The van der Waals surface area contributed by atoms with Crippen molar-refractivity contribution in [2.75, 3.05) is 14.2 Å². The number of carbonyl (C=O) groups excluding carboxylic acids is 2. The van der Waals surface area contributed by atoms with E-state index < -0.39 is 5.97 Å². The van der Waals surface area contributed by atoms with Gasteiger partial charge in [-0.15, -0.1) is 11.3 Å². The highest BCUT2D eigenvalue weighted by molar-refractivity contribution is 9.10. The summed E-state index contributed by atoms with van der Waals surface area (Å²) in [5.41, 5.74) is 0. The second-order valence-electron chi connectivity index (χ2n) is 2.63. The van der Waals surface area contributed by atoms with Crippen LogP contribution in [-0.4, -0.2) is 26.2 Å². The number of esters is 2. The number of halogens is 1.